The largest absolute Gasteiger partial charge is 0.444 e. The van der Waals surface area contributed by atoms with Crippen LogP contribution in [0.15, 0.2) is 11.4 Å². The van der Waals surface area contributed by atoms with Gasteiger partial charge in [-0.2, -0.15) is 0 Å². The Morgan fingerprint density at radius 2 is 2.00 bits per heavy atom. The van der Waals surface area contributed by atoms with Gasteiger partial charge < -0.3 is 9.64 Å². The van der Waals surface area contributed by atoms with Gasteiger partial charge >= 0.3 is 6.09 Å². The summed E-state index contributed by atoms with van der Waals surface area (Å²) in [6, 6.07) is 1.89. The number of thiophene rings is 1. The lowest BCUT2D eigenvalue weighted by atomic mass is 10.2. The van der Waals surface area contributed by atoms with Crippen molar-refractivity contribution in [2.45, 2.75) is 33.3 Å². The summed E-state index contributed by atoms with van der Waals surface area (Å²) in [5, 5.41) is 1.87. The number of hydrogen-bond donors (Lipinski definition) is 0. The fourth-order valence-corrected chi connectivity index (χ4v) is 2.21. The summed E-state index contributed by atoms with van der Waals surface area (Å²) in [4.78, 5) is 25.7. The standard InChI is InChI=1S/C13H19NO3S/c1-9-6-7-18-11(9)10(15)8-14(5)12(16)17-13(2,3)4/h6-7H,8H2,1-5H3. The normalized spacial score (nSPS) is 11.2. The monoisotopic (exact) mass is 269 g/mol. The summed E-state index contributed by atoms with van der Waals surface area (Å²) in [5.74, 6) is -0.0594. The molecule has 1 rings (SSSR count). The summed E-state index contributed by atoms with van der Waals surface area (Å²) in [6.07, 6.45) is -0.481. The number of aryl methyl sites for hydroxylation is 1. The summed E-state index contributed by atoms with van der Waals surface area (Å²) in [6.45, 7) is 7.31. The molecular formula is C13H19NO3S. The molecule has 1 aromatic rings. The average Bonchev–Trinajstić information content (AvgIpc) is 2.61. The summed E-state index contributed by atoms with van der Waals surface area (Å²) in [5.41, 5.74) is 0.398. The van der Waals surface area contributed by atoms with Crippen molar-refractivity contribution in [3.63, 3.8) is 0 Å². The maximum absolute atomic E-state index is 12.0. The van der Waals surface area contributed by atoms with E-state index < -0.39 is 11.7 Å². The first kappa shape index (κ1) is 14.7. The van der Waals surface area contributed by atoms with Crippen molar-refractivity contribution < 1.29 is 14.3 Å². The fraction of sp³-hybridized carbons (Fsp3) is 0.538. The fourth-order valence-electron chi connectivity index (χ4n) is 1.35. The van der Waals surface area contributed by atoms with Crippen molar-refractivity contribution in [2.24, 2.45) is 0 Å². The molecule has 0 saturated heterocycles. The highest BCUT2D eigenvalue weighted by Crippen LogP contribution is 2.17. The number of carbonyl (C=O) groups is 2. The third-order valence-corrected chi connectivity index (χ3v) is 3.26. The molecule has 0 aliphatic carbocycles. The summed E-state index contributed by atoms with van der Waals surface area (Å²) < 4.78 is 5.19. The third-order valence-electron chi connectivity index (χ3n) is 2.20. The SMILES string of the molecule is Cc1ccsc1C(=O)CN(C)C(=O)OC(C)(C)C. The van der Waals surface area contributed by atoms with Crippen molar-refractivity contribution >= 4 is 23.2 Å². The second-order valence-electron chi connectivity index (χ2n) is 5.19. The second-order valence-corrected chi connectivity index (χ2v) is 6.11. The molecule has 0 spiro atoms. The van der Waals surface area contributed by atoms with Gasteiger partial charge in [0, 0.05) is 7.05 Å². The van der Waals surface area contributed by atoms with Gasteiger partial charge in [0.05, 0.1) is 11.4 Å². The number of Topliss-reactive ketones (excluding diaryl/α,β-unsaturated/α-hetero) is 1. The quantitative estimate of drug-likeness (QED) is 0.792. The molecule has 0 bridgehead atoms. The predicted molar refractivity (Wildman–Crippen MR) is 72.3 cm³/mol. The van der Waals surface area contributed by atoms with E-state index in [0.717, 1.165) is 5.56 Å². The Balaban J connectivity index is 2.60. The zero-order chi connectivity index (χ0) is 13.9. The van der Waals surface area contributed by atoms with E-state index in [2.05, 4.69) is 0 Å². The Labute approximate surface area is 112 Å². The van der Waals surface area contributed by atoms with Gasteiger partial charge in [0.2, 0.25) is 0 Å². The number of nitrogens with zero attached hydrogens (tertiary/aromatic N) is 1. The van der Waals surface area contributed by atoms with E-state index in [-0.39, 0.29) is 12.3 Å². The van der Waals surface area contributed by atoms with Gasteiger partial charge in [-0.3, -0.25) is 4.79 Å². The molecule has 0 unspecified atom stereocenters. The van der Waals surface area contributed by atoms with Crippen molar-refractivity contribution in [3.05, 3.63) is 21.9 Å². The zero-order valence-corrected chi connectivity index (χ0v) is 12.3. The number of amides is 1. The first-order valence-corrected chi connectivity index (χ1v) is 6.60. The highest BCUT2D eigenvalue weighted by Gasteiger charge is 2.22. The third kappa shape index (κ3) is 4.14. The molecule has 0 aliphatic heterocycles. The minimum Gasteiger partial charge on any atom is -0.444 e. The van der Waals surface area contributed by atoms with Gasteiger partial charge in [-0.1, -0.05) is 0 Å². The van der Waals surface area contributed by atoms with E-state index in [1.165, 1.54) is 16.2 Å². The van der Waals surface area contributed by atoms with E-state index in [0.29, 0.717) is 4.88 Å². The van der Waals surface area contributed by atoms with E-state index in [1.807, 2.05) is 18.4 Å². The molecule has 5 heteroatoms. The van der Waals surface area contributed by atoms with Crippen LogP contribution >= 0.6 is 11.3 Å². The Kier molecular flexibility index (Phi) is 4.51. The van der Waals surface area contributed by atoms with E-state index in [9.17, 15) is 9.59 Å². The lowest BCUT2D eigenvalue weighted by Crippen LogP contribution is -2.37. The predicted octanol–water partition coefficient (Wildman–Crippen LogP) is 3.11. The molecular weight excluding hydrogens is 250 g/mol. The van der Waals surface area contributed by atoms with Gasteiger partial charge in [0.1, 0.15) is 5.60 Å². The first-order valence-electron chi connectivity index (χ1n) is 5.72. The van der Waals surface area contributed by atoms with Crippen LogP contribution in [0, 0.1) is 6.92 Å². The number of hydrogen-bond acceptors (Lipinski definition) is 4. The molecule has 0 aliphatic rings. The number of carbonyl (C=O) groups excluding carboxylic acids is 2. The van der Waals surface area contributed by atoms with Crippen LogP contribution in [0.5, 0.6) is 0 Å². The Bertz CT molecular complexity index is 445. The first-order chi connectivity index (χ1) is 8.20. The van der Waals surface area contributed by atoms with Crippen LogP contribution in [0.2, 0.25) is 0 Å². The maximum atomic E-state index is 12.0. The lowest BCUT2D eigenvalue weighted by Gasteiger charge is -2.24. The van der Waals surface area contributed by atoms with Gasteiger partial charge in [-0.25, -0.2) is 4.79 Å². The van der Waals surface area contributed by atoms with Crippen LogP contribution in [-0.2, 0) is 4.74 Å². The zero-order valence-electron chi connectivity index (χ0n) is 11.4. The second kappa shape index (κ2) is 5.52. The Morgan fingerprint density at radius 3 is 2.44 bits per heavy atom. The number of ketones is 1. The van der Waals surface area contributed by atoms with Crippen molar-refractivity contribution in [1.82, 2.24) is 4.90 Å². The molecule has 1 heterocycles. The van der Waals surface area contributed by atoms with Crippen LogP contribution in [0.1, 0.15) is 36.0 Å². The molecule has 0 radical (unpaired) electrons. The molecule has 0 N–H and O–H groups in total. The molecule has 100 valence electrons. The van der Waals surface area contributed by atoms with E-state index >= 15 is 0 Å². The van der Waals surface area contributed by atoms with Crippen LogP contribution in [-0.4, -0.2) is 36.0 Å². The van der Waals surface area contributed by atoms with Crippen LogP contribution in [0.3, 0.4) is 0 Å². The molecule has 1 aromatic heterocycles. The van der Waals surface area contributed by atoms with Gasteiger partial charge in [0.15, 0.2) is 5.78 Å². The molecule has 0 aromatic carbocycles. The lowest BCUT2D eigenvalue weighted by molar-refractivity contribution is 0.0295. The summed E-state index contributed by atoms with van der Waals surface area (Å²) >= 11 is 1.40. The number of likely N-dealkylation sites (N-methyl/N-ethyl adjacent to an activating group) is 1. The molecule has 18 heavy (non-hydrogen) atoms. The minimum absolute atomic E-state index is 0.0380. The molecule has 0 fully saturated rings. The van der Waals surface area contributed by atoms with Gasteiger partial charge in [0.25, 0.3) is 0 Å². The molecule has 0 atom stereocenters. The van der Waals surface area contributed by atoms with Gasteiger partial charge in [-0.15, -0.1) is 11.3 Å². The van der Waals surface area contributed by atoms with Crippen LogP contribution in [0.25, 0.3) is 0 Å². The van der Waals surface area contributed by atoms with Crippen molar-refractivity contribution in [3.8, 4) is 0 Å². The smallest absolute Gasteiger partial charge is 0.410 e. The van der Waals surface area contributed by atoms with Crippen LogP contribution in [0.4, 0.5) is 4.79 Å². The van der Waals surface area contributed by atoms with Crippen molar-refractivity contribution in [2.75, 3.05) is 13.6 Å². The maximum Gasteiger partial charge on any atom is 0.410 e. The van der Waals surface area contributed by atoms with Crippen molar-refractivity contribution in [1.29, 1.82) is 0 Å². The number of ether oxygens (including phenoxy) is 1. The summed E-state index contributed by atoms with van der Waals surface area (Å²) in [7, 11) is 1.56. The van der Waals surface area contributed by atoms with E-state index in [1.54, 1.807) is 27.8 Å². The topological polar surface area (TPSA) is 46.6 Å². The molecule has 0 saturated carbocycles. The molecule has 4 nitrogen and oxygen atoms in total. The van der Waals surface area contributed by atoms with Gasteiger partial charge in [-0.05, 0) is 44.7 Å². The highest BCUT2D eigenvalue weighted by atomic mass is 32.1. The average molecular weight is 269 g/mol. The van der Waals surface area contributed by atoms with Crippen LogP contribution < -0.4 is 0 Å². The molecule has 1 amide bonds. The van der Waals surface area contributed by atoms with E-state index in [4.69, 9.17) is 4.74 Å². The Hall–Kier alpha value is -1.36. The highest BCUT2D eigenvalue weighted by molar-refractivity contribution is 7.12. The number of rotatable bonds is 3. The minimum atomic E-state index is -0.548. The Morgan fingerprint density at radius 1 is 1.39 bits per heavy atom.